The highest BCUT2D eigenvalue weighted by molar-refractivity contribution is 6.07. The van der Waals surface area contributed by atoms with Crippen LogP contribution in [0.5, 0.6) is 0 Å². The maximum Gasteiger partial charge on any atom is 0.308 e. The Balaban J connectivity index is 1.99. The van der Waals surface area contributed by atoms with Crippen molar-refractivity contribution in [3.05, 3.63) is 60.4 Å². The van der Waals surface area contributed by atoms with Gasteiger partial charge in [0.25, 0.3) is 5.91 Å². The average Bonchev–Trinajstić information content (AvgIpc) is 2.99. The highest BCUT2D eigenvalue weighted by Crippen LogP contribution is 2.26. The molecule has 122 valence electrons. The smallest absolute Gasteiger partial charge is 0.308 e. The van der Waals surface area contributed by atoms with Crippen LogP contribution in [-0.4, -0.2) is 39.4 Å². The van der Waals surface area contributed by atoms with Gasteiger partial charge in [0.05, 0.1) is 24.3 Å². The van der Waals surface area contributed by atoms with Crippen molar-refractivity contribution in [2.45, 2.75) is 6.42 Å². The van der Waals surface area contributed by atoms with E-state index in [0.29, 0.717) is 11.3 Å². The van der Waals surface area contributed by atoms with E-state index in [2.05, 4.69) is 4.98 Å². The van der Waals surface area contributed by atoms with Crippen LogP contribution in [0.2, 0.25) is 0 Å². The molecule has 2 amide bonds. The Kier molecular flexibility index (Phi) is 4.24. The van der Waals surface area contributed by atoms with Gasteiger partial charge < -0.3 is 5.11 Å². The standard InChI is InChI=1S/C17H15N3O4/c21-15-9-13(17(23)24)11-19(15)20(14-7-4-8-18-10-14)16(22)12-5-2-1-3-6-12/h1-8,10,13H,9,11H2,(H,23,24). The van der Waals surface area contributed by atoms with Gasteiger partial charge in [-0.3, -0.25) is 19.4 Å². The molecule has 3 rings (SSSR count). The van der Waals surface area contributed by atoms with Gasteiger partial charge in [-0.25, -0.2) is 10.0 Å². The number of carboxylic acid groups (broad SMARTS) is 1. The molecule has 1 aliphatic rings. The van der Waals surface area contributed by atoms with Gasteiger partial charge in [-0.2, -0.15) is 0 Å². The zero-order valence-electron chi connectivity index (χ0n) is 12.7. The van der Waals surface area contributed by atoms with Gasteiger partial charge in [0.2, 0.25) is 5.91 Å². The molecule has 1 N–H and O–H groups in total. The molecule has 1 aromatic heterocycles. The van der Waals surface area contributed by atoms with Crippen LogP contribution >= 0.6 is 0 Å². The van der Waals surface area contributed by atoms with E-state index in [1.807, 2.05) is 0 Å². The number of benzene rings is 1. The quantitative estimate of drug-likeness (QED) is 0.921. The molecule has 2 aromatic rings. The topological polar surface area (TPSA) is 90.8 Å². The van der Waals surface area contributed by atoms with Gasteiger partial charge in [-0.15, -0.1) is 0 Å². The van der Waals surface area contributed by atoms with Gasteiger partial charge in [0, 0.05) is 18.2 Å². The molecule has 2 heterocycles. The molecular weight excluding hydrogens is 310 g/mol. The van der Waals surface area contributed by atoms with Crippen LogP contribution in [0.4, 0.5) is 5.69 Å². The zero-order valence-corrected chi connectivity index (χ0v) is 12.7. The molecule has 1 atom stereocenters. The molecule has 1 aromatic carbocycles. The second-order valence-electron chi connectivity index (χ2n) is 5.41. The van der Waals surface area contributed by atoms with Gasteiger partial charge in [0.15, 0.2) is 0 Å². The fraction of sp³-hybridized carbons (Fsp3) is 0.176. The number of pyridine rings is 1. The molecule has 0 aliphatic carbocycles. The lowest BCUT2D eigenvalue weighted by Gasteiger charge is -2.31. The molecule has 1 saturated heterocycles. The first kappa shape index (κ1) is 15.7. The number of aliphatic carboxylic acids is 1. The molecule has 0 saturated carbocycles. The van der Waals surface area contributed by atoms with Crippen molar-refractivity contribution in [2.24, 2.45) is 5.92 Å². The Hall–Kier alpha value is -3.22. The minimum Gasteiger partial charge on any atom is -0.481 e. The van der Waals surface area contributed by atoms with Crippen LogP contribution < -0.4 is 5.01 Å². The summed E-state index contributed by atoms with van der Waals surface area (Å²) in [6.07, 6.45) is 2.89. The number of hydrogen-bond donors (Lipinski definition) is 1. The van der Waals surface area contributed by atoms with Crippen molar-refractivity contribution < 1.29 is 19.5 Å². The highest BCUT2D eigenvalue weighted by Gasteiger charge is 2.40. The fourth-order valence-electron chi connectivity index (χ4n) is 2.60. The molecule has 1 aliphatic heterocycles. The van der Waals surface area contributed by atoms with E-state index in [9.17, 15) is 14.4 Å². The third-order valence-corrected chi connectivity index (χ3v) is 3.80. The van der Waals surface area contributed by atoms with E-state index >= 15 is 0 Å². The van der Waals surface area contributed by atoms with E-state index in [1.165, 1.54) is 16.2 Å². The first-order valence-corrected chi connectivity index (χ1v) is 7.40. The fourth-order valence-corrected chi connectivity index (χ4v) is 2.60. The van der Waals surface area contributed by atoms with Gasteiger partial charge in [-0.05, 0) is 24.3 Å². The minimum absolute atomic E-state index is 0.0539. The second kappa shape index (κ2) is 6.49. The number of hydrogen-bond acceptors (Lipinski definition) is 4. The third-order valence-electron chi connectivity index (χ3n) is 3.80. The van der Waals surface area contributed by atoms with Crippen molar-refractivity contribution >= 4 is 23.5 Å². The molecule has 7 nitrogen and oxygen atoms in total. The Labute approximate surface area is 138 Å². The zero-order chi connectivity index (χ0) is 17.1. The van der Waals surface area contributed by atoms with E-state index < -0.39 is 23.7 Å². The molecule has 24 heavy (non-hydrogen) atoms. The van der Waals surface area contributed by atoms with Crippen LogP contribution in [0.15, 0.2) is 54.9 Å². The first-order valence-electron chi connectivity index (χ1n) is 7.40. The van der Waals surface area contributed by atoms with Crippen molar-refractivity contribution in [3.63, 3.8) is 0 Å². The number of carboxylic acids is 1. The van der Waals surface area contributed by atoms with Crippen molar-refractivity contribution in [3.8, 4) is 0 Å². The largest absolute Gasteiger partial charge is 0.481 e. The van der Waals surface area contributed by atoms with Crippen LogP contribution in [0, 0.1) is 5.92 Å². The average molecular weight is 325 g/mol. The maximum absolute atomic E-state index is 12.9. The predicted molar refractivity (Wildman–Crippen MR) is 84.9 cm³/mol. The Morgan fingerprint density at radius 1 is 1.17 bits per heavy atom. The van der Waals surface area contributed by atoms with E-state index in [1.54, 1.807) is 48.7 Å². The van der Waals surface area contributed by atoms with Crippen molar-refractivity contribution in [2.75, 3.05) is 11.6 Å². The monoisotopic (exact) mass is 325 g/mol. The lowest BCUT2D eigenvalue weighted by Crippen LogP contribution is -2.48. The Morgan fingerprint density at radius 2 is 1.92 bits per heavy atom. The molecule has 0 radical (unpaired) electrons. The molecule has 7 heteroatoms. The summed E-state index contributed by atoms with van der Waals surface area (Å²) in [6, 6.07) is 11.8. The van der Waals surface area contributed by atoms with Gasteiger partial charge in [0.1, 0.15) is 0 Å². The summed E-state index contributed by atoms with van der Waals surface area (Å²) >= 11 is 0. The van der Waals surface area contributed by atoms with E-state index in [-0.39, 0.29) is 13.0 Å². The predicted octanol–water partition coefficient (Wildman–Crippen LogP) is 1.58. The number of hydrazine groups is 1. The number of carbonyl (C=O) groups is 3. The van der Waals surface area contributed by atoms with Crippen LogP contribution in [0.25, 0.3) is 0 Å². The van der Waals surface area contributed by atoms with Crippen LogP contribution in [0.1, 0.15) is 16.8 Å². The number of amides is 2. The number of carbonyl (C=O) groups excluding carboxylic acids is 2. The van der Waals surface area contributed by atoms with Crippen molar-refractivity contribution in [1.82, 2.24) is 9.99 Å². The summed E-state index contributed by atoms with van der Waals surface area (Å²) in [6.45, 7) is -0.0539. The summed E-state index contributed by atoms with van der Waals surface area (Å²) in [4.78, 5) is 40.4. The molecule has 0 bridgehead atoms. The highest BCUT2D eigenvalue weighted by atomic mass is 16.4. The Bertz CT molecular complexity index is 764. The number of rotatable bonds is 4. The van der Waals surface area contributed by atoms with Crippen LogP contribution in [0.3, 0.4) is 0 Å². The first-order chi connectivity index (χ1) is 11.6. The number of anilines is 1. The summed E-state index contributed by atoms with van der Waals surface area (Å²) in [5.41, 5.74) is 0.804. The summed E-state index contributed by atoms with van der Waals surface area (Å²) < 4.78 is 0. The second-order valence-corrected chi connectivity index (χ2v) is 5.41. The summed E-state index contributed by atoms with van der Waals surface area (Å²) in [5, 5.41) is 11.5. The SMILES string of the molecule is O=C(O)C1CC(=O)N(N(C(=O)c2ccccc2)c2cccnc2)C1. The van der Waals surface area contributed by atoms with E-state index in [0.717, 1.165) is 0 Å². The molecular formula is C17H15N3O4. The number of aromatic nitrogens is 1. The summed E-state index contributed by atoms with van der Waals surface area (Å²) in [5.74, 6) is -2.71. The molecule has 1 unspecified atom stereocenters. The number of nitrogens with zero attached hydrogens (tertiary/aromatic N) is 3. The normalized spacial score (nSPS) is 16.9. The van der Waals surface area contributed by atoms with Crippen LogP contribution in [-0.2, 0) is 9.59 Å². The van der Waals surface area contributed by atoms with Gasteiger partial charge in [-0.1, -0.05) is 18.2 Å². The van der Waals surface area contributed by atoms with Crippen molar-refractivity contribution in [1.29, 1.82) is 0 Å². The van der Waals surface area contributed by atoms with Gasteiger partial charge >= 0.3 is 5.97 Å². The molecule has 1 fully saturated rings. The lowest BCUT2D eigenvalue weighted by atomic mass is 10.1. The third kappa shape index (κ3) is 2.96. The summed E-state index contributed by atoms with van der Waals surface area (Å²) in [7, 11) is 0. The molecule has 0 spiro atoms. The Morgan fingerprint density at radius 3 is 2.50 bits per heavy atom. The minimum atomic E-state index is -1.05. The van der Waals surface area contributed by atoms with E-state index in [4.69, 9.17) is 5.11 Å². The lowest BCUT2D eigenvalue weighted by molar-refractivity contribution is -0.141. The maximum atomic E-state index is 12.9.